The molecule has 33 heavy (non-hydrogen) atoms. The van der Waals surface area contributed by atoms with Crippen molar-refractivity contribution in [3.8, 4) is 0 Å². The molecular weight excluding hydrogens is 442 g/mol. The van der Waals surface area contributed by atoms with Gasteiger partial charge >= 0.3 is 0 Å². The molecule has 0 unspecified atom stereocenters. The van der Waals surface area contributed by atoms with E-state index in [0.717, 1.165) is 51.4 Å². The van der Waals surface area contributed by atoms with Crippen LogP contribution in [0.2, 0.25) is 0 Å². The molecule has 4 atom stereocenters. The van der Waals surface area contributed by atoms with Crippen molar-refractivity contribution in [1.29, 1.82) is 0 Å². The van der Waals surface area contributed by atoms with Crippen LogP contribution in [0, 0.1) is 0 Å². The molecule has 8 heteroatoms. The number of rotatable bonds is 22. The number of thiocarbonyl (C=S) groups is 1. The van der Waals surface area contributed by atoms with Crippen LogP contribution in [0.4, 0.5) is 0 Å². The minimum Gasteiger partial charge on any atom is -0.468 e. The van der Waals surface area contributed by atoms with E-state index in [1.54, 1.807) is 4.90 Å². The molecule has 0 saturated heterocycles. The predicted octanol–water partition coefficient (Wildman–Crippen LogP) is 4.58. The smallest absolute Gasteiger partial charge is 0.258 e. The van der Waals surface area contributed by atoms with Gasteiger partial charge in [0.1, 0.15) is 31.0 Å². The molecule has 0 aliphatic heterocycles. The van der Waals surface area contributed by atoms with E-state index < -0.39 is 24.4 Å². The van der Waals surface area contributed by atoms with Gasteiger partial charge in [0, 0.05) is 40.5 Å². The molecule has 0 aromatic carbocycles. The fraction of sp³-hybridized carbons (Fsp3) is 0.960. The molecule has 7 nitrogen and oxygen atoms in total. The number of aliphatic hydroxyl groups excluding tert-OH is 1. The molecule has 0 aromatic heterocycles. The first-order chi connectivity index (χ1) is 16.0. The zero-order valence-electron chi connectivity index (χ0n) is 22.1. The summed E-state index contributed by atoms with van der Waals surface area (Å²) in [4.78, 5) is 1.75. The first-order valence-corrected chi connectivity index (χ1v) is 13.3. The van der Waals surface area contributed by atoms with Crippen LogP contribution in [0.25, 0.3) is 0 Å². The van der Waals surface area contributed by atoms with Gasteiger partial charge in [0.2, 0.25) is 0 Å². The van der Waals surface area contributed by atoms with Crippen LogP contribution >= 0.6 is 12.2 Å². The van der Waals surface area contributed by atoms with E-state index in [0.29, 0.717) is 31.6 Å². The Bertz CT molecular complexity index is 455. The van der Waals surface area contributed by atoms with Crippen LogP contribution in [0.1, 0.15) is 79.1 Å². The minimum absolute atomic E-state index is 0.146. The van der Waals surface area contributed by atoms with Gasteiger partial charge in [-0.25, -0.2) is 0 Å². The van der Waals surface area contributed by atoms with Gasteiger partial charge in [-0.15, -0.1) is 0 Å². The monoisotopic (exact) mass is 493 g/mol. The highest BCUT2D eigenvalue weighted by Crippen LogP contribution is 2.21. The first kappa shape index (κ1) is 32.5. The molecule has 0 aromatic rings. The van der Waals surface area contributed by atoms with E-state index in [1.807, 2.05) is 14.1 Å². The Morgan fingerprint density at radius 1 is 0.697 bits per heavy atom. The third kappa shape index (κ3) is 15.2. The number of ether oxygens (including phenoxy) is 5. The summed E-state index contributed by atoms with van der Waals surface area (Å²) >= 11 is 5.33. The molecule has 0 saturated carbocycles. The first-order valence-electron chi connectivity index (χ1n) is 12.9. The summed E-state index contributed by atoms with van der Waals surface area (Å²) in [5.41, 5.74) is 0. The highest BCUT2D eigenvalue weighted by Gasteiger charge is 2.38. The van der Waals surface area contributed by atoms with Crippen LogP contribution in [-0.4, -0.2) is 93.3 Å². The maximum Gasteiger partial charge on any atom is 0.258 e. The summed E-state index contributed by atoms with van der Waals surface area (Å²) in [5.74, 6) is 0. The van der Waals surface area contributed by atoms with Crippen LogP contribution < -0.4 is 0 Å². The van der Waals surface area contributed by atoms with Crippen molar-refractivity contribution in [3.05, 3.63) is 0 Å². The Hall–Kier alpha value is -0.510. The summed E-state index contributed by atoms with van der Waals surface area (Å²) in [7, 11) is 3.70. The van der Waals surface area contributed by atoms with E-state index in [-0.39, 0.29) is 13.2 Å². The fourth-order valence-electron chi connectivity index (χ4n) is 3.08. The van der Waals surface area contributed by atoms with Crippen LogP contribution in [-0.2, 0) is 23.7 Å². The molecule has 0 aliphatic rings. The topological polar surface area (TPSA) is 69.6 Å². The van der Waals surface area contributed by atoms with Crippen molar-refractivity contribution < 1.29 is 28.8 Å². The third-order valence-corrected chi connectivity index (χ3v) is 5.73. The third-order valence-electron chi connectivity index (χ3n) is 5.25. The Morgan fingerprint density at radius 3 is 1.48 bits per heavy atom. The number of nitrogens with zero attached hydrogens (tertiary/aromatic N) is 1. The largest absolute Gasteiger partial charge is 0.468 e. The maximum atomic E-state index is 10.2. The zero-order valence-corrected chi connectivity index (χ0v) is 22.9. The Morgan fingerprint density at radius 2 is 1.09 bits per heavy atom. The average Bonchev–Trinajstić information content (AvgIpc) is 2.80. The molecule has 0 amide bonds. The molecule has 0 bridgehead atoms. The van der Waals surface area contributed by atoms with Gasteiger partial charge in [0.15, 0.2) is 0 Å². The molecule has 198 valence electrons. The second-order valence-corrected chi connectivity index (χ2v) is 8.91. The van der Waals surface area contributed by atoms with Crippen LogP contribution in [0.5, 0.6) is 0 Å². The van der Waals surface area contributed by atoms with Crippen molar-refractivity contribution in [2.24, 2.45) is 0 Å². The normalized spacial score (nSPS) is 15.1. The number of unbranched alkanes of at least 4 members (excludes halogenated alkanes) is 4. The van der Waals surface area contributed by atoms with Gasteiger partial charge in [-0.1, -0.05) is 53.4 Å². The number of aliphatic hydroxyl groups is 1. The van der Waals surface area contributed by atoms with Crippen LogP contribution in [0.15, 0.2) is 0 Å². The van der Waals surface area contributed by atoms with E-state index in [9.17, 15) is 5.11 Å². The van der Waals surface area contributed by atoms with Gasteiger partial charge in [0.05, 0.1) is 6.61 Å². The lowest BCUT2D eigenvalue weighted by molar-refractivity contribution is -0.191. The summed E-state index contributed by atoms with van der Waals surface area (Å²) in [6.07, 6.45) is 5.98. The Kier molecular flexibility index (Phi) is 21.6. The Balaban J connectivity index is 5.79. The molecule has 0 rings (SSSR count). The SMILES string of the molecule is CCCCO[C@@H]([C@H](OCCCC)[C@@H](COC(=S)N(C)C)OCCCC)[C@@H](CO)OCCCC. The van der Waals surface area contributed by atoms with E-state index in [1.165, 1.54) is 0 Å². The second kappa shape index (κ2) is 22.0. The zero-order chi connectivity index (χ0) is 24.9. The maximum absolute atomic E-state index is 10.2. The van der Waals surface area contributed by atoms with E-state index >= 15 is 0 Å². The second-order valence-electron chi connectivity index (χ2n) is 8.56. The lowest BCUT2D eigenvalue weighted by Gasteiger charge is -2.37. The van der Waals surface area contributed by atoms with Gasteiger partial charge in [-0.05, 0) is 37.9 Å². The van der Waals surface area contributed by atoms with Crippen molar-refractivity contribution in [3.63, 3.8) is 0 Å². The van der Waals surface area contributed by atoms with Crippen molar-refractivity contribution in [2.45, 2.75) is 103 Å². The van der Waals surface area contributed by atoms with E-state index in [4.69, 9.17) is 35.9 Å². The summed E-state index contributed by atoms with van der Waals surface area (Å²) < 4.78 is 30.9. The number of hydrogen-bond donors (Lipinski definition) is 1. The van der Waals surface area contributed by atoms with Gasteiger partial charge in [-0.2, -0.15) is 0 Å². The van der Waals surface area contributed by atoms with Crippen molar-refractivity contribution in [1.82, 2.24) is 4.90 Å². The quantitative estimate of drug-likeness (QED) is 0.174. The molecule has 0 aliphatic carbocycles. The van der Waals surface area contributed by atoms with Crippen LogP contribution in [0.3, 0.4) is 0 Å². The molecule has 1 N–H and O–H groups in total. The Labute approximate surface area is 208 Å². The summed E-state index contributed by atoms with van der Waals surface area (Å²) in [5, 5.41) is 10.6. The molecule has 0 heterocycles. The van der Waals surface area contributed by atoms with Crippen molar-refractivity contribution in [2.75, 3.05) is 53.7 Å². The minimum atomic E-state index is -0.502. The summed E-state index contributed by atoms with van der Waals surface area (Å²) in [6.45, 7) is 10.9. The molecule has 0 fully saturated rings. The van der Waals surface area contributed by atoms with Gasteiger partial charge in [0.25, 0.3) is 5.17 Å². The number of hydrogen-bond acceptors (Lipinski definition) is 7. The molecular formula is C25H51NO6S. The van der Waals surface area contributed by atoms with Crippen molar-refractivity contribution >= 4 is 17.4 Å². The molecule has 0 radical (unpaired) electrons. The molecule has 0 spiro atoms. The standard InChI is InChI=1S/C25H51NO6S/c1-7-11-15-28-21(19-27)23(30-17-13-9-3)24(31-18-14-10-4)22(29-16-12-8-2)20-32-25(33)26(5)6/h21-24,27H,7-20H2,1-6H3/t21-,22-,23-,24-/m1/s1. The summed E-state index contributed by atoms with van der Waals surface area (Å²) in [6, 6.07) is 0. The highest BCUT2D eigenvalue weighted by molar-refractivity contribution is 7.80. The fourth-order valence-corrected chi connectivity index (χ4v) is 3.15. The predicted molar refractivity (Wildman–Crippen MR) is 138 cm³/mol. The van der Waals surface area contributed by atoms with Gasteiger partial charge < -0.3 is 33.7 Å². The average molecular weight is 494 g/mol. The highest BCUT2D eigenvalue weighted by atomic mass is 32.1. The lowest BCUT2D eigenvalue weighted by atomic mass is 10.0. The van der Waals surface area contributed by atoms with E-state index in [2.05, 4.69) is 27.7 Å². The lowest BCUT2D eigenvalue weighted by Crippen LogP contribution is -2.53. The van der Waals surface area contributed by atoms with Gasteiger partial charge in [-0.3, -0.25) is 0 Å².